The largest absolute Gasteiger partial charge is 0.334 e. The van der Waals surface area contributed by atoms with Gasteiger partial charge in [-0.1, -0.05) is 18.2 Å². The second-order valence-electron chi connectivity index (χ2n) is 6.36. The van der Waals surface area contributed by atoms with Gasteiger partial charge >= 0.3 is 6.03 Å². The summed E-state index contributed by atoms with van der Waals surface area (Å²) in [4.78, 5) is 28.3. The topological polar surface area (TPSA) is 65.5 Å². The molecule has 144 valence electrons. The second-order valence-corrected chi connectivity index (χ2v) is 7.17. The van der Waals surface area contributed by atoms with Crippen LogP contribution in [-0.4, -0.2) is 52.3 Å². The molecule has 1 aliphatic heterocycles. The average Bonchev–Trinajstić information content (AvgIpc) is 3.14. The lowest BCUT2D eigenvalue weighted by molar-refractivity contribution is 0.0669. The molecule has 2 heterocycles. The molecule has 2 aromatic carbocycles. The van der Waals surface area contributed by atoms with E-state index >= 15 is 0 Å². The Morgan fingerprint density at radius 1 is 1.00 bits per heavy atom. The summed E-state index contributed by atoms with van der Waals surface area (Å²) in [7, 11) is 0. The number of aromatic nitrogens is 1. The Morgan fingerprint density at radius 2 is 1.71 bits per heavy atom. The van der Waals surface area contributed by atoms with Crippen molar-refractivity contribution in [1.29, 1.82) is 0 Å². The fourth-order valence-electron chi connectivity index (χ4n) is 3.09. The van der Waals surface area contributed by atoms with Gasteiger partial charge in [0.25, 0.3) is 5.91 Å². The van der Waals surface area contributed by atoms with Gasteiger partial charge in [-0.15, -0.1) is 0 Å². The quantitative estimate of drug-likeness (QED) is 0.713. The van der Waals surface area contributed by atoms with E-state index in [9.17, 15) is 18.4 Å². The van der Waals surface area contributed by atoms with Crippen molar-refractivity contribution in [1.82, 2.24) is 14.2 Å². The van der Waals surface area contributed by atoms with E-state index in [4.69, 9.17) is 0 Å². The Labute approximate surface area is 163 Å². The number of benzene rings is 2. The number of carbonyl (C=O) groups is 2. The molecule has 1 N–H and O–H groups in total. The molecule has 0 aliphatic carbocycles. The molecule has 4 rings (SSSR count). The van der Waals surface area contributed by atoms with Gasteiger partial charge in [0.05, 0.1) is 10.4 Å². The predicted molar refractivity (Wildman–Crippen MR) is 102 cm³/mol. The molecular formula is C19H16F2N4O2S. The average molecular weight is 402 g/mol. The molecule has 3 aromatic rings. The summed E-state index contributed by atoms with van der Waals surface area (Å²) in [5.74, 6) is -1.71. The Hall–Kier alpha value is -3.07. The summed E-state index contributed by atoms with van der Waals surface area (Å²) in [5, 5.41) is 3.26. The lowest BCUT2D eigenvalue weighted by Crippen LogP contribution is -2.51. The number of hydrogen-bond acceptors (Lipinski definition) is 4. The maximum Gasteiger partial charge on any atom is 0.322 e. The van der Waals surface area contributed by atoms with Crippen molar-refractivity contribution >= 4 is 39.2 Å². The molecule has 0 bridgehead atoms. The van der Waals surface area contributed by atoms with E-state index in [1.165, 1.54) is 22.5 Å². The van der Waals surface area contributed by atoms with E-state index in [0.717, 1.165) is 16.2 Å². The fraction of sp³-hybridized carbons (Fsp3) is 0.211. The molecule has 0 saturated carbocycles. The standard InChI is InChI=1S/C19H16F2N4O2S/c20-12-5-6-15(14(21)11-12)22-19(27)25-9-7-24(8-10-25)18(26)17-13-3-1-2-4-16(13)28-23-17/h1-6,11H,7-10H2,(H,22,27). The third-order valence-corrected chi connectivity index (χ3v) is 5.43. The van der Waals surface area contributed by atoms with Crippen LogP contribution in [0, 0.1) is 11.6 Å². The number of piperazine rings is 1. The molecule has 0 unspecified atom stereocenters. The summed E-state index contributed by atoms with van der Waals surface area (Å²) in [6.45, 7) is 1.32. The van der Waals surface area contributed by atoms with E-state index in [1.807, 2.05) is 24.3 Å². The van der Waals surface area contributed by atoms with Gasteiger partial charge in [-0.2, -0.15) is 4.37 Å². The number of nitrogens with one attached hydrogen (secondary N) is 1. The zero-order valence-corrected chi connectivity index (χ0v) is 15.5. The smallest absolute Gasteiger partial charge is 0.322 e. The SMILES string of the molecule is O=C(Nc1ccc(F)cc1F)N1CCN(C(=O)c2nsc3ccccc23)CC1. The maximum absolute atomic E-state index is 13.7. The lowest BCUT2D eigenvalue weighted by atomic mass is 10.2. The fourth-order valence-corrected chi connectivity index (χ4v) is 3.86. The zero-order valence-electron chi connectivity index (χ0n) is 14.7. The molecule has 0 spiro atoms. The van der Waals surface area contributed by atoms with Gasteiger partial charge < -0.3 is 15.1 Å². The van der Waals surface area contributed by atoms with Crippen LogP contribution in [-0.2, 0) is 0 Å². The van der Waals surface area contributed by atoms with Gasteiger partial charge in [-0.3, -0.25) is 4.79 Å². The molecule has 0 atom stereocenters. The van der Waals surface area contributed by atoms with Gasteiger partial charge in [0.2, 0.25) is 0 Å². The number of nitrogens with zero attached hydrogens (tertiary/aromatic N) is 3. The first kappa shape index (κ1) is 18.3. The highest BCUT2D eigenvalue weighted by Crippen LogP contribution is 2.24. The normalized spacial score (nSPS) is 14.4. The summed E-state index contributed by atoms with van der Waals surface area (Å²) in [6.07, 6.45) is 0. The van der Waals surface area contributed by atoms with Crippen LogP contribution in [0.1, 0.15) is 10.5 Å². The van der Waals surface area contributed by atoms with E-state index in [2.05, 4.69) is 9.69 Å². The first-order valence-corrected chi connectivity index (χ1v) is 9.45. The van der Waals surface area contributed by atoms with Crippen molar-refractivity contribution in [3.8, 4) is 0 Å². The second kappa shape index (κ2) is 7.51. The number of rotatable bonds is 2. The molecule has 1 aromatic heterocycles. The highest BCUT2D eigenvalue weighted by molar-refractivity contribution is 7.13. The van der Waals surface area contributed by atoms with Crippen molar-refractivity contribution < 1.29 is 18.4 Å². The Morgan fingerprint density at radius 3 is 2.46 bits per heavy atom. The summed E-state index contributed by atoms with van der Waals surface area (Å²) >= 11 is 1.28. The molecule has 1 aliphatic rings. The number of fused-ring (bicyclic) bond motifs is 1. The van der Waals surface area contributed by atoms with Gasteiger partial charge in [0.15, 0.2) is 0 Å². The van der Waals surface area contributed by atoms with Gasteiger partial charge in [-0.25, -0.2) is 13.6 Å². The van der Waals surface area contributed by atoms with Crippen molar-refractivity contribution in [2.24, 2.45) is 0 Å². The summed E-state index contributed by atoms with van der Waals surface area (Å²) in [6, 6.07) is 10.0. The van der Waals surface area contributed by atoms with Gasteiger partial charge in [-0.05, 0) is 29.7 Å². The van der Waals surface area contributed by atoms with Gasteiger partial charge in [0, 0.05) is 37.6 Å². The number of hydrogen-bond donors (Lipinski definition) is 1. The first-order chi connectivity index (χ1) is 13.5. The lowest BCUT2D eigenvalue weighted by Gasteiger charge is -2.34. The first-order valence-electron chi connectivity index (χ1n) is 8.67. The van der Waals surface area contributed by atoms with E-state index in [1.54, 1.807) is 4.90 Å². The predicted octanol–water partition coefficient (Wildman–Crippen LogP) is 3.56. The van der Waals surface area contributed by atoms with Crippen LogP contribution in [0.2, 0.25) is 0 Å². The van der Waals surface area contributed by atoms with Crippen LogP contribution in [0.25, 0.3) is 10.1 Å². The minimum absolute atomic E-state index is 0.0844. The van der Waals surface area contributed by atoms with Crippen molar-refractivity contribution in [3.63, 3.8) is 0 Å². The molecule has 3 amide bonds. The third-order valence-electron chi connectivity index (χ3n) is 4.61. The summed E-state index contributed by atoms with van der Waals surface area (Å²) in [5.41, 5.74) is 0.339. The Kier molecular flexibility index (Phi) is 4.91. The van der Waals surface area contributed by atoms with Crippen molar-refractivity contribution in [2.45, 2.75) is 0 Å². The molecule has 28 heavy (non-hydrogen) atoms. The number of halogens is 2. The monoisotopic (exact) mass is 402 g/mol. The van der Waals surface area contributed by atoms with Crippen LogP contribution >= 0.6 is 11.5 Å². The van der Waals surface area contributed by atoms with E-state index in [0.29, 0.717) is 37.9 Å². The third kappa shape index (κ3) is 3.53. The van der Waals surface area contributed by atoms with Gasteiger partial charge in [0.1, 0.15) is 17.3 Å². The van der Waals surface area contributed by atoms with Crippen molar-refractivity contribution in [2.75, 3.05) is 31.5 Å². The van der Waals surface area contributed by atoms with Crippen molar-refractivity contribution in [3.05, 3.63) is 59.8 Å². The van der Waals surface area contributed by atoms with E-state index < -0.39 is 17.7 Å². The number of urea groups is 1. The number of carbonyl (C=O) groups excluding carboxylic acids is 2. The number of anilines is 1. The highest BCUT2D eigenvalue weighted by Gasteiger charge is 2.27. The van der Waals surface area contributed by atoms with Crippen LogP contribution in [0.3, 0.4) is 0 Å². The van der Waals surface area contributed by atoms with Crippen LogP contribution < -0.4 is 5.32 Å². The maximum atomic E-state index is 13.7. The minimum atomic E-state index is -0.836. The summed E-state index contributed by atoms with van der Waals surface area (Å²) < 4.78 is 31.9. The molecule has 1 fully saturated rings. The molecule has 9 heteroatoms. The Bertz CT molecular complexity index is 1050. The van der Waals surface area contributed by atoms with Crippen LogP contribution in [0.5, 0.6) is 0 Å². The molecular weight excluding hydrogens is 386 g/mol. The zero-order chi connectivity index (χ0) is 19.7. The molecule has 1 saturated heterocycles. The van der Waals surface area contributed by atoms with Crippen LogP contribution in [0.4, 0.5) is 19.3 Å². The molecule has 6 nitrogen and oxygen atoms in total. The van der Waals surface area contributed by atoms with E-state index in [-0.39, 0.29) is 11.6 Å². The minimum Gasteiger partial charge on any atom is -0.334 e. The number of amides is 3. The van der Waals surface area contributed by atoms with Crippen LogP contribution in [0.15, 0.2) is 42.5 Å². The highest BCUT2D eigenvalue weighted by atomic mass is 32.1. The Balaban J connectivity index is 1.39. The molecule has 0 radical (unpaired) electrons.